The van der Waals surface area contributed by atoms with Crippen molar-refractivity contribution in [2.24, 2.45) is 23.7 Å². The number of esters is 2. The summed E-state index contributed by atoms with van der Waals surface area (Å²) in [4.78, 5) is 26.4. The largest absolute Gasteiger partial charge is 0.456 e. The number of fused-ring (bicyclic) bond motifs is 2. The smallest absolute Gasteiger partial charge is 0.338 e. The highest BCUT2D eigenvalue weighted by Gasteiger charge is 2.87. The Bertz CT molecular complexity index is 1600. The molecule has 0 spiro atoms. The van der Waals surface area contributed by atoms with Gasteiger partial charge < -0.3 is 44.1 Å². The summed E-state index contributed by atoms with van der Waals surface area (Å²) in [7, 11) is 0. The van der Waals surface area contributed by atoms with Gasteiger partial charge in [-0.2, -0.15) is 0 Å². The molecule has 2 aromatic rings. The van der Waals surface area contributed by atoms with Gasteiger partial charge in [0.05, 0.1) is 23.4 Å². The van der Waals surface area contributed by atoms with Crippen molar-refractivity contribution in [1.29, 1.82) is 0 Å². The van der Waals surface area contributed by atoms with E-state index in [0.29, 0.717) is 11.1 Å². The van der Waals surface area contributed by atoms with Crippen molar-refractivity contribution in [3.05, 3.63) is 83.9 Å². The highest BCUT2D eigenvalue weighted by molar-refractivity contribution is 5.89. The van der Waals surface area contributed by atoms with Crippen LogP contribution in [0.5, 0.6) is 0 Å². The van der Waals surface area contributed by atoms with Crippen LogP contribution in [0.25, 0.3) is 0 Å². The summed E-state index contributed by atoms with van der Waals surface area (Å²) in [6.07, 6.45) is -7.23. The Hall–Kier alpha value is -3.16. The number of aliphatic hydroxyl groups excluding tert-OH is 2. The quantitative estimate of drug-likeness (QED) is 0.278. The second-order valence-corrected chi connectivity index (χ2v) is 14.4. The van der Waals surface area contributed by atoms with Gasteiger partial charge in [0.2, 0.25) is 0 Å². The van der Waals surface area contributed by atoms with Crippen molar-refractivity contribution < 1.29 is 53.7 Å². The first-order chi connectivity index (χ1) is 22.1. The van der Waals surface area contributed by atoms with Crippen LogP contribution in [0.4, 0.5) is 0 Å². The SMILES string of the molecule is C=C(C)[C@@]12O[C@@]3(c4ccccc4)O[C@@H]1[C@@H]1[C@H](O)[C@@](C)(O)[C@@H](OC(C)=O)[C@@]4(O)[C@@H](C[C@H](C)[C@@H]4O)[C@@]1(O3)[C@H](C)[C@@H]2OC(=O)c1ccccc1. The van der Waals surface area contributed by atoms with Crippen LogP contribution in [0.15, 0.2) is 72.8 Å². The lowest BCUT2D eigenvalue weighted by atomic mass is 9.52. The van der Waals surface area contributed by atoms with Crippen LogP contribution in [0.3, 0.4) is 0 Å². The van der Waals surface area contributed by atoms with E-state index >= 15 is 0 Å². The van der Waals surface area contributed by atoms with Crippen molar-refractivity contribution >= 4 is 11.9 Å². The topological polar surface area (TPSA) is 161 Å². The highest BCUT2D eigenvalue weighted by Crippen LogP contribution is 2.72. The molecule has 4 N–H and O–H groups in total. The van der Waals surface area contributed by atoms with Gasteiger partial charge in [0, 0.05) is 30.2 Å². The Kier molecular flexibility index (Phi) is 7.18. The van der Waals surface area contributed by atoms with Crippen molar-refractivity contribution in [2.75, 3.05) is 0 Å². The third-order valence-corrected chi connectivity index (χ3v) is 11.7. The predicted molar refractivity (Wildman–Crippen MR) is 164 cm³/mol. The molecule has 0 unspecified atom stereocenters. The molecular formula is C36H42O11. The highest BCUT2D eigenvalue weighted by atomic mass is 16.9. The number of rotatable bonds is 5. The van der Waals surface area contributed by atoms with E-state index < -0.39 is 94.5 Å². The molecule has 5 fully saturated rings. The third-order valence-electron chi connectivity index (χ3n) is 11.7. The summed E-state index contributed by atoms with van der Waals surface area (Å²) >= 11 is 0. The molecule has 3 aliphatic carbocycles. The minimum atomic E-state index is -2.33. The molecule has 5 aliphatic rings. The summed E-state index contributed by atoms with van der Waals surface area (Å²) < 4.78 is 32.9. The van der Waals surface area contributed by atoms with Gasteiger partial charge in [0.1, 0.15) is 23.4 Å². The van der Waals surface area contributed by atoms with Crippen LogP contribution in [0, 0.1) is 23.7 Å². The third kappa shape index (κ3) is 3.99. The second-order valence-electron chi connectivity index (χ2n) is 14.4. The van der Waals surface area contributed by atoms with Gasteiger partial charge in [-0.1, -0.05) is 69.0 Å². The molecule has 11 heteroatoms. The second kappa shape index (κ2) is 10.4. The molecule has 2 aliphatic heterocycles. The fourth-order valence-corrected chi connectivity index (χ4v) is 9.69. The van der Waals surface area contributed by atoms with E-state index in [9.17, 15) is 30.0 Å². The number of carbonyl (C=O) groups is 2. The van der Waals surface area contributed by atoms with Gasteiger partial charge in [-0.3, -0.25) is 4.79 Å². The van der Waals surface area contributed by atoms with Gasteiger partial charge in [0.25, 0.3) is 0 Å². The summed E-state index contributed by atoms with van der Waals surface area (Å²) in [5, 5.41) is 49.2. The normalized spacial score (nSPS) is 47.8. The van der Waals surface area contributed by atoms with E-state index in [0.717, 1.165) is 6.92 Å². The molecule has 0 radical (unpaired) electrons. The Balaban J connectivity index is 1.53. The van der Waals surface area contributed by atoms with Gasteiger partial charge >= 0.3 is 17.9 Å². The van der Waals surface area contributed by atoms with Crippen LogP contribution in [-0.4, -0.2) is 85.3 Å². The lowest BCUT2D eigenvalue weighted by Gasteiger charge is -2.62. The van der Waals surface area contributed by atoms with E-state index in [4.69, 9.17) is 23.7 Å². The zero-order chi connectivity index (χ0) is 33.9. The minimum Gasteiger partial charge on any atom is -0.456 e. The maximum Gasteiger partial charge on any atom is 0.338 e. The maximum absolute atomic E-state index is 13.8. The number of hydrogen-bond donors (Lipinski definition) is 4. The zero-order valence-corrected chi connectivity index (χ0v) is 27.0. The molecule has 2 heterocycles. The Morgan fingerprint density at radius 3 is 2.13 bits per heavy atom. The summed E-state index contributed by atoms with van der Waals surface area (Å²) in [5.41, 5.74) is -6.81. The molecule has 11 nitrogen and oxygen atoms in total. The molecule has 3 bridgehead atoms. The molecule has 2 saturated heterocycles. The predicted octanol–water partition coefficient (Wildman–Crippen LogP) is 2.59. The number of ether oxygens (including phenoxy) is 5. The lowest BCUT2D eigenvalue weighted by molar-refractivity contribution is -0.447. The number of aliphatic hydroxyl groups is 4. The first-order valence-corrected chi connectivity index (χ1v) is 16.1. The molecular weight excluding hydrogens is 608 g/mol. The van der Waals surface area contributed by atoms with Crippen LogP contribution in [-0.2, 0) is 34.5 Å². The fraction of sp³-hybridized carbons (Fsp3) is 0.556. The molecule has 14 atom stereocenters. The van der Waals surface area contributed by atoms with Crippen LogP contribution < -0.4 is 0 Å². The van der Waals surface area contributed by atoms with Crippen LogP contribution in [0.1, 0.15) is 57.0 Å². The number of benzene rings is 2. The first kappa shape index (κ1) is 32.4. The van der Waals surface area contributed by atoms with E-state index in [1.807, 2.05) is 6.07 Å². The average Bonchev–Trinajstić information content (AvgIpc) is 3.42. The molecule has 252 valence electrons. The van der Waals surface area contributed by atoms with E-state index in [-0.39, 0.29) is 12.0 Å². The zero-order valence-electron chi connectivity index (χ0n) is 27.0. The molecule has 3 saturated carbocycles. The first-order valence-electron chi connectivity index (χ1n) is 16.1. The van der Waals surface area contributed by atoms with E-state index in [2.05, 4.69) is 6.58 Å². The molecule has 0 aromatic heterocycles. The molecule has 0 amide bonds. The Morgan fingerprint density at radius 1 is 0.915 bits per heavy atom. The van der Waals surface area contributed by atoms with Crippen molar-refractivity contribution in [3.8, 4) is 0 Å². The van der Waals surface area contributed by atoms with E-state index in [1.165, 1.54) is 6.92 Å². The Labute approximate surface area is 273 Å². The summed E-state index contributed by atoms with van der Waals surface area (Å²) in [6.45, 7) is 11.9. The van der Waals surface area contributed by atoms with Gasteiger partial charge in [-0.25, -0.2) is 4.79 Å². The van der Waals surface area contributed by atoms with Crippen molar-refractivity contribution in [1.82, 2.24) is 0 Å². The van der Waals surface area contributed by atoms with E-state index in [1.54, 1.807) is 75.4 Å². The summed E-state index contributed by atoms with van der Waals surface area (Å²) in [5.74, 6) is -7.10. The minimum absolute atomic E-state index is 0.135. The molecule has 47 heavy (non-hydrogen) atoms. The van der Waals surface area contributed by atoms with Crippen molar-refractivity contribution in [3.63, 3.8) is 0 Å². The van der Waals surface area contributed by atoms with Gasteiger partial charge in [-0.15, -0.1) is 0 Å². The lowest BCUT2D eigenvalue weighted by Crippen LogP contribution is -2.77. The Morgan fingerprint density at radius 2 is 1.53 bits per heavy atom. The van der Waals surface area contributed by atoms with Crippen LogP contribution in [0.2, 0.25) is 0 Å². The average molecular weight is 651 g/mol. The fourth-order valence-electron chi connectivity index (χ4n) is 9.69. The standard InChI is InChI=1S/C36H42O11/c1-18(2)34-28(44-30(40)22-13-9-7-10-14-22)20(4)35-24-17-19(3)26(38)33(24,42)31(43-21(5)37)32(6,41)27(39)25(35)29(34)45-36(46-34,47-35)23-15-11-8-12-16-23/h7-16,19-20,24-29,31,38-39,41-42H,1,17H2,2-6H3/t19-,20+,24+,25-,26-,27-,28-,29+,31+,32+,33+,34-,35-,36+/m0/s1. The van der Waals surface area contributed by atoms with Crippen LogP contribution >= 0.6 is 0 Å². The van der Waals surface area contributed by atoms with Gasteiger partial charge in [0.15, 0.2) is 11.7 Å². The van der Waals surface area contributed by atoms with Gasteiger partial charge in [-0.05, 0) is 43.9 Å². The summed E-state index contributed by atoms with van der Waals surface area (Å²) in [6, 6.07) is 17.3. The maximum atomic E-state index is 13.8. The number of hydrogen-bond acceptors (Lipinski definition) is 11. The number of carbonyl (C=O) groups excluding carboxylic acids is 2. The molecule has 2 aromatic carbocycles. The monoisotopic (exact) mass is 650 g/mol. The van der Waals surface area contributed by atoms with Crippen molar-refractivity contribution in [2.45, 2.75) is 99.9 Å². The molecule has 7 rings (SSSR count).